The number of rotatable bonds is 3. The lowest BCUT2D eigenvalue weighted by molar-refractivity contribution is 0.0933. The lowest BCUT2D eigenvalue weighted by atomic mass is 9.95. The van der Waals surface area contributed by atoms with Crippen molar-refractivity contribution < 1.29 is 4.79 Å². The maximum Gasteiger partial charge on any atom is 0.261 e. The van der Waals surface area contributed by atoms with Gasteiger partial charge in [-0.25, -0.2) is 0 Å². The number of aryl methyl sites for hydroxylation is 1. The Bertz CT molecular complexity index is 413. The molecule has 5 heteroatoms. The van der Waals surface area contributed by atoms with Crippen LogP contribution in [0, 0.1) is 6.92 Å². The van der Waals surface area contributed by atoms with Gasteiger partial charge in [-0.15, -0.1) is 11.3 Å². The average Bonchev–Trinajstić information content (AvgIpc) is 2.70. The van der Waals surface area contributed by atoms with Crippen LogP contribution in [-0.2, 0) is 0 Å². The van der Waals surface area contributed by atoms with E-state index in [1.54, 1.807) is 0 Å². The largest absolute Gasteiger partial charge is 0.347 e. The minimum atomic E-state index is 0.0831. The molecule has 2 unspecified atom stereocenters. The first-order valence-corrected chi connectivity index (χ1v) is 9.11. The van der Waals surface area contributed by atoms with E-state index in [-0.39, 0.29) is 5.91 Å². The van der Waals surface area contributed by atoms with Crippen molar-refractivity contribution in [3.8, 4) is 0 Å². The molecule has 1 aromatic heterocycles. The molecule has 1 N–H and O–H groups in total. The first-order valence-electron chi connectivity index (χ1n) is 6.21. The SMILES string of the molecule is CSC1CCCCC1NC(=O)c1cc(C)c(Br)s1. The Labute approximate surface area is 125 Å². The molecular weight excluding hydrogens is 330 g/mol. The zero-order valence-electron chi connectivity index (χ0n) is 10.7. The van der Waals surface area contributed by atoms with Gasteiger partial charge in [0, 0.05) is 11.3 Å². The Hall–Kier alpha value is -0.0000000000000000833. The summed E-state index contributed by atoms with van der Waals surface area (Å²) in [5.74, 6) is 0.0831. The van der Waals surface area contributed by atoms with Crippen molar-refractivity contribution in [1.29, 1.82) is 0 Å². The number of amides is 1. The molecule has 2 rings (SSSR count). The fourth-order valence-corrected chi connectivity index (χ4v) is 4.73. The molecule has 1 amide bonds. The van der Waals surface area contributed by atoms with Gasteiger partial charge in [0.15, 0.2) is 0 Å². The van der Waals surface area contributed by atoms with E-state index in [0.29, 0.717) is 11.3 Å². The van der Waals surface area contributed by atoms with E-state index < -0.39 is 0 Å². The third-order valence-corrected chi connectivity index (χ3v) is 6.71. The number of hydrogen-bond donors (Lipinski definition) is 1. The molecule has 100 valence electrons. The molecule has 0 bridgehead atoms. The van der Waals surface area contributed by atoms with Gasteiger partial charge >= 0.3 is 0 Å². The summed E-state index contributed by atoms with van der Waals surface area (Å²) in [6, 6.07) is 2.29. The summed E-state index contributed by atoms with van der Waals surface area (Å²) >= 11 is 6.87. The van der Waals surface area contributed by atoms with Crippen LogP contribution in [0.2, 0.25) is 0 Å². The van der Waals surface area contributed by atoms with E-state index in [1.165, 1.54) is 30.6 Å². The van der Waals surface area contributed by atoms with Gasteiger partial charge in [0.25, 0.3) is 5.91 Å². The highest BCUT2D eigenvalue weighted by atomic mass is 79.9. The Morgan fingerprint density at radius 2 is 2.22 bits per heavy atom. The molecule has 1 aromatic rings. The lowest BCUT2D eigenvalue weighted by Gasteiger charge is -2.30. The van der Waals surface area contributed by atoms with Crippen molar-refractivity contribution in [2.75, 3.05) is 6.26 Å². The van der Waals surface area contributed by atoms with E-state index >= 15 is 0 Å². The summed E-state index contributed by atoms with van der Waals surface area (Å²) in [7, 11) is 0. The number of nitrogens with one attached hydrogen (secondary N) is 1. The van der Waals surface area contributed by atoms with Crippen LogP contribution in [0.25, 0.3) is 0 Å². The standard InChI is InChI=1S/C13H18BrNOS2/c1-8-7-11(18-12(8)14)13(16)15-9-5-3-4-6-10(9)17-2/h7,9-10H,3-6H2,1-2H3,(H,15,16). The smallest absolute Gasteiger partial charge is 0.261 e. The number of thiophene rings is 1. The topological polar surface area (TPSA) is 29.1 Å². The van der Waals surface area contributed by atoms with Crippen LogP contribution in [-0.4, -0.2) is 23.5 Å². The maximum atomic E-state index is 12.2. The minimum Gasteiger partial charge on any atom is -0.347 e. The number of halogens is 1. The van der Waals surface area contributed by atoms with Crippen LogP contribution in [0.15, 0.2) is 9.85 Å². The summed E-state index contributed by atoms with van der Waals surface area (Å²) in [6.07, 6.45) is 7.00. The molecule has 0 aromatic carbocycles. The summed E-state index contributed by atoms with van der Waals surface area (Å²) in [5, 5.41) is 3.78. The van der Waals surface area contributed by atoms with Gasteiger partial charge in [0.1, 0.15) is 0 Å². The third-order valence-electron chi connectivity index (χ3n) is 3.40. The van der Waals surface area contributed by atoms with Crippen molar-refractivity contribution >= 4 is 44.9 Å². The van der Waals surface area contributed by atoms with Gasteiger partial charge < -0.3 is 5.32 Å². The van der Waals surface area contributed by atoms with Crippen LogP contribution in [0.1, 0.15) is 40.9 Å². The van der Waals surface area contributed by atoms with Crippen LogP contribution >= 0.6 is 39.0 Å². The summed E-state index contributed by atoms with van der Waals surface area (Å²) in [4.78, 5) is 13.0. The molecule has 18 heavy (non-hydrogen) atoms. The van der Waals surface area contributed by atoms with Crippen LogP contribution in [0.5, 0.6) is 0 Å². The molecule has 1 aliphatic carbocycles. The summed E-state index contributed by atoms with van der Waals surface area (Å²) in [5.41, 5.74) is 1.13. The highest BCUT2D eigenvalue weighted by Crippen LogP contribution is 2.29. The zero-order valence-corrected chi connectivity index (χ0v) is 13.9. The van der Waals surface area contributed by atoms with Crippen molar-refractivity contribution in [3.05, 3.63) is 20.3 Å². The Kier molecular flexibility index (Phi) is 5.15. The van der Waals surface area contributed by atoms with Gasteiger partial charge in [0.05, 0.1) is 8.66 Å². The van der Waals surface area contributed by atoms with Gasteiger partial charge in [-0.3, -0.25) is 4.79 Å². The zero-order chi connectivity index (χ0) is 13.1. The van der Waals surface area contributed by atoms with E-state index in [4.69, 9.17) is 0 Å². The lowest BCUT2D eigenvalue weighted by Crippen LogP contribution is -2.43. The van der Waals surface area contributed by atoms with Crippen molar-refractivity contribution in [1.82, 2.24) is 5.32 Å². The predicted molar refractivity (Wildman–Crippen MR) is 83.8 cm³/mol. The molecule has 0 radical (unpaired) electrons. The number of hydrogen-bond acceptors (Lipinski definition) is 3. The molecule has 1 saturated carbocycles. The van der Waals surface area contributed by atoms with Gasteiger partial charge in [-0.05, 0) is 53.6 Å². The third kappa shape index (κ3) is 3.31. The second-order valence-corrected chi connectivity index (χ2v) is 8.15. The van der Waals surface area contributed by atoms with Crippen LogP contribution in [0.4, 0.5) is 0 Å². The Balaban J connectivity index is 2.01. The minimum absolute atomic E-state index is 0.0831. The first kappa shape index (κ1) is 14.4. The molecule has 2 atom stereocenters. The monoisotopic (exact) mass is 347 g/mol. The number of carbonyl (C=O) groups excluding carboxylic acids is 1. The van der Waals surface area contributed by atoms with E-state index in [0.717, 1.165) is 20.6 Å². The second kappa shape index (κ2) is 6.44. The summed E-state index contributed by atoms with van der Waals surface area (Å²) in [6.45, 7) is 2.02. The van der Waals surface area contributed by atoms with Crippen LogP contribution < -0.4 is 5.32 Å². The average molecular weight is 348 g/mol. The second-order valence-electron chi connectivity index (χ2n) is 4.71. The van der Waals surface area contributed by atoms with Crippen molar-refractivity contribution in [2.45, 2.75) is 43.9 Å². The van der Waals surface area contributed by atoms with Crippen molar-refractivity contribution in [3.63, 3.8) is 0 Å². The van der Waals surface area contributed by atoms with Gasteiger partial charge in [0.2, 0.25) is 0 Å². The number of thioether (sulfide) groups is 1. The fourth-order valence-electron chi connectivity index (χ4n) is 2.36. The summed E-state index contributed by atoms with van der Waals surface area (Å²) < 4.78 is 1.05. The molecule has 1 heterocycles. The normalized spacial score (nSPS) is 23.9. The van der Waals surface area contributed by atoms with E-state index in [2.05, 4.69) is 27.5 Å². The molecule has 1 fully saturated rings. The van der Waals surface area contributed by atoms with Crippen molar-refractivity contribution in [2.24, 2.45) is 0 Å². The first-order chi connectivity index (χ1) is 8.61. The Morgan fingerprint density at radius 3 is 2.83 bits per heavy atom. The maximum absolute atomic E-state index is 12.2. The molecule has 0 spiro atoms. The van der Waals surface area contributed by atoms with Crippen LogP contribution in [0.3, 0.4) is 0 Å². The fraction of sp³-hybridized carbons (Fsp3) is 0.615. The molecule has 2 nitrogen and oxygen atoms in total. The van der Waals surface area contributed by atoms with E-state index in [9.17, 15) is 4.79 Å². The quantitative estimate of drug-likeness (QED) is 0.886. The molecule has 0 aliphatic heterocycles. The predicted octanol–water partition coefficient (Wildman–Crippen LogP) is 4.22. The number of carbonyl (C=O) groups is 1. The highest BCUT2D eigenvalue weighted by molar-refractivity contribution is 9.11. The highest BCUT2D eigenvalue weighted by Gasteiger charge is 2.26. The van der Waals surface area contributed by atoms with E-state index in [1.807, 2.05) is 24.8 Å². The van der Waals surface area contributed by atoms with Gasteiger partial charge in [-0.2, -0.15) is 11.8 Å². The molecule has 0 saturated heterocycles. The Morgan fingerprint density at radius 1 is 1.50 bits per heavy atom. The molecular formula is C13H18BrNOS2. The molecule has 1 aliphatic rings. The van der Waals surface area contributed by atoms with Gasteiger partial charge in [-0.1, -0.05) is 12.8 Å².